The van der Waals surface area contributed by atoms with E-state index in [0.29, 0.717) is 17.8 Å². The lowest BCUT2D eigenvalue weighted by atomic mass is 9.55. The van der Waals surface area contributed by atoms with Crippen molar-refractivity contribution in [3.8, 4) is 11.5 Å². The number of aromatic hydroxyl groups is 2. The second-order valence-electron chi connectivity index (χ2n) is 8.07. The Hall–Kier alpha value is -1.26. The van der Waals surface area contributed by atoms with Crippen molar-refractivity contribution >= 4 is 0 Å². The topological polar surface area (TPSA) is 72.7 Å². The summed E-state index contributed by atoms with van der Waals surface area (Å²) in [5.74, 6) is 1.54. The number of aliphatic hydroxyl groups is 1. The molecule has 3 aliphatic carbocycles. The zero-order valence-electron chi connectivity index (χ0n) is 13.9. The number of fused-ring (bicyclic) bond motifs is 5. The Bertz CT molecular complexity index is 631. The van der Waals surface area contributed by atoms with Crippen LogP contribution in [0.3, 0.4) is 0 Å². The molecule has 3 aliphatic rings. The molecule has 126 valence electrons. The molecule has 0 aromatic heterocycles. The molecule has 2 fully saturated rings. The monoisotopic (exact) mass is 317 g/mol. The minimum Gasteiger partial charge on any atom is -0.504 e. The summed E-state index contributed by atoms with van der Waals surface area (Å²) in [6, 6.07) is 3.71. The first-order chi connectivity index (χ1) is 11.0. The number of likely N-dealkylation sites (N-methyl/N-ethyl adjacent to an activating group) is 1. The van der Waals surface area contributed by atoms with Gasteiger partial charge in [-0.2, -0.15) is 0 Å². The second-order valence-corrected chi connectivity index (χ2v) is 8.07. The average Bonchev–Trinajstić information content (AvgIpc) is 2.78. The van der Waals surface area contributed by atoms with Gasteiger partial charge in [-0.1, -0.05) is 6.92 Å². The lowest BCUT2D eigenvalue weighted by molar-refractivity contribution is 0.0382. The number of phenols is 2. The van der Waals surface area contributed by atoms with Gasteiger partial charge in [-0.25, -0.2) is 0 Å². The standard InChI is InChI=1S/C19H27NO3/c1-19-6-5-11-12(14(19)9-17(23)18(19)20-2)4-3-10-7-15(21)16(22)8-13(10)11/h7-8,11-12,14,17-18,20-23H,3-6,9H2,1-2H3/t11?,12?,14?,17-,18+,19+/m1/s1. The number of rotatable bonds is 1. The number of hydrogen-bond donors (Lipinski definition) is 4. The molecule has 0 heterocycles. The fourth-order valence-electron chi connectivity index (χ4n) is 6.13. The summed E-state index contributed by atoms with van der Waals surface area (Å²) >= 11 is 0. The Kier molecular flexibility index (Phi) is 3.40. The molecular weight excluding hydrogens is 290 g/mol. The number of hydrogen-bond acceptors (Lipinski definition) is 4. The summed E-state index contributed by atoms with van der Waals surface area (Å²) < 4.78 is 0. The van der Waals surface area contributed by atoms with E-state index in [1.807, 2.05) is 7.05 Å². The van der Waals surface area contributed by atoms with Crippen LogP contribution >= 0.6 is 0 Å². The van der Waals surface area contributed by atoms with Crippen LogP contribution in [0, 0.1) is 17.3 Å². The predicted molar refractivity (Wildman–Crippen MR) is 88.6 cm³/mol. The molecule has 0 spiro atoms. The molecule has 4 heteroatoms. The van der Waals surface area contributed by atoms with Crippen LogP contribution in [0.4, 0.5) is 0 Å². The van der Waals surface area contributed by atoms with Gasteiger partial charge in [0.25, 0.3) is 0 Å². The van der Waals surface area contributed by atoms with Crippen molar-refractivity contribution in [2.45, 2.75) is 57.1 Å². The van der Waals surface area contributed by atoms with E-state index >= 15 is 0 Å². The van der Waals surface area contributed by atoms with Crippen LogP contribution in [-0.2, 0) is 6.42 Å². The van der Waals surface area contributed by atoms with Gasteiger partial charge in [0.15, 0.2) is 11.5 Å². The van der Waals surface area contributed by atoms with Gasteiger partial charge in [-0.15, -0.1) is 0 Å². The van der Waals surface area contributed by atoms with Crippen molar-refractivity contribution < 1.29 is 15.3 Å². The van der Waals surface area contributed by atoms with Crippen LogP contribution in [0.2, 0.25) is 0 Å². The molecule has 1 aromatic rings. The Balaban J connectivity index is 1.71. The van der Waals surface area contributed by atoms with E-state index in [1.165, 1.54) is 11.1 Å². The summed E-state index contributed by atoms with van der Waals surface area (Å²) in [5, 5.41) is 33.6. The van der Waals surface area contributed by atoms with E-state index in [-0.39, 0.29) is 29.1 Å². The molecule has 4 N–H and O–H groups in total. The highest BCUT2D eigenvalue weighted by Crippen LogP contribution is 2.61. The van der Waals surface area contributed by atoms with E-state index in [4.69, 9.17) is 0 Å². The van der Waals surface area contributed by atoms with Crippen LogP contribution in [0.15, 0.2) is 12.1 Å². The van der Waals surface area contributed by atoms with Crippen molar-refractivity contribution in [2.24, 2.45) is 17.3 Å². The van der Waals surface area contributed by atoms with Gasteiger partial charge in [0.05, 0.1) is 6.10 Å². The molecule has 2 saturated carbocycles. The van der Waals surface area contributed by atoms with Crippen molar-refractivity contribution in [1.82, 2.24) is 5.32 Å². The Labute approximate surface area is 137 Å². The van der Waals surface area contributed by atoms with Gasteiger partial charge in [-0.05, 0) is 85.6 Å². The second kappa shape index (κ2) is 5.12. The SMILES string of the molecule is CN[C@H]1[C@H](O)CC2C3CCc4cc(O)c(O)cc4C3CC[C@@]21C. The summed E-state index contributed by atoms with van der Waals surface area (Å²) in [7, 11) is 1.96. The van der Waals surface area contributed by atoms with E-state index in [1.54, 1.807) is 12.1 Å². The van der Waals surface area contributed by atoms with Crippen molar-refractivity contribution in [3.63, 3.8) is 0 Å². The number of aryl methyl sites for hydroxylation is 1. The quantitative estimate of drug-likeness (QED) is 0.601. The predicted octanol–water partition coefficient (Wildman–Crippen LogP) is 2.51. The van der Waals surface area contributed by atoms with Crippen LogP contribution in [0.25, 0.3) is 0 Å². The molecule has 3 unspecified atom stereocenters. The smallest absolute Gasteiger partial charge is 0.157 e. The maximum atomic E-state index is 10.5. The summed E-state index contributed by atoms with van der Waals surface area (Å²) in [4.78, 5) is 0. The van der Waals surface area contributed by atoms with E-state index < -0.39 is 0 Å². The van der Waals surface area contributed by atoms with Crippen LogP contribution in [0.5, 0.6) is 11.5 Å². The summed E-state index contributed by atoms with van der Waals surface area (Å²) in [6.07, 6.45) is 4.89. The first kappa shape index (κ1) is 15.3. The van der Waals surface area contributed by atoms with Crippen molar-refractivity contribution in [2.75, 3.05) is 7.05 Å². The number of nitrogens with one attached hydrogen (secondary N) is 1. The largest absolute Gasteiger partial charge is 0.504 e. The van der Waals surface area contributed by atoms with Gasteiger partial charge in [0.2, 0.25) is 0 Å². The minimum absolute atomic E-state index is 0.00251. The number of benzene rings is 1. The number of phenolic OH excluding ortho intramolecular Hbond substituents is 2. The molecule has 4 nitrogen and oxygen atoms in total. The molecule has 4 rings (SSSR count). The van der Waals surface area contributed by atoms with Crippen LogP contribution in [0.1, 0.15) is 49.7 Å². The third-order valence-electron chi connectivity index (χ3n) is 7.16. The first-order valence-corrected chi connectivity index (χ1v) is 8.85. The third-order valence-corrected chi connectivity index (χ3v) is 7.16. The zero-order valence-corrected chi connectivity index (χ0v) is 13.9. The summed E-state index contributed by atoms with van der Waals surface area (Å²) in [5.41, 5.74) is 2.57. The fourth-order valence-corrected chi connectivity index (χ4v) is 6.13. The molecule has 23 heavy (non-hydrogen) atoms. The lowest BCUT2D eigenvalue weighted by Crippen LogP contribution is -2.49. The van der Waals surface area contributed by atoms with E-state index in [2.05, 4.69) is 12.2 Å². The third kappa shape index (κ3) is 2.04. The van der Waals surface area contributed by atoms with Gasteiger partial charge in [0.1, 0.15) is 0 Å². The van der Waals surface area contributed by atoms with Gasteiger partial charge in [-0.3, -0.25) is 0 Å². The molecule has 1 aromatic carbocycles. The molecule has 0 radical (unpaired) electrons. The highest BCUT2D eigenvalue weighted by atomic mass is 16.3. The zero-order chi connectivity index (χ0) is 16.4. The fraction of sp³-hybridized carbons (Fsp3) is 0.684. The van der Waals surface area contributed by atoms with Crippen LogP contribution in [-0.4, -0.2) is 34.5 Å². The maximum Gasteiger partial charge on any atom is 0.157 e. The minimum atomic E-state index is -0.261. The Morgan fingerprint density at radius 2 is 1.91 bits per heavy atom. The normalized spacial score (nSPS) is 42.0. The van der Waals surface area contributed by atoms with Gasteiger partial charge < -0.3 is 20.6 Å². The lowest BCUT2D eigenvalue weighted by Gasteiger charge is -2.50. The van der Waals surface area contributed by atoms with E-state index in [0.717, 1.165) is 32.1 Å². The maximum absolute atomic E-state index is 10.5. The number of aliphatic hydroxyl groups excluding tert-OH is 1. The first-order valence-electron chi connectivity index (χ1n) is 8.85. The molecule has 0 saturated heterocycles. The Morgan fingerprint density at radius 1 is 1.17 bits per heavy atom. The van der Waals surface area contributed by atoms with E-state index in [9.17, 15) is 15.3 Å². The van der Waals surface area contributed by atoms with Crippen molar-refractivity contribution in [1.29, 1.82) is 0 Å². The highest BCUT2D eigenvalue weighted by Gasteiger charge is 2.57. The molecule has 0 aliphatic heterocycles. The highest BCUT2D eigenvalue weighted by molar-refractivity contribution is 5.48. The van der Waals surface area contributed by atoms with Crippen molar-refractivity contribution in [3.05, 3.63) is 23.3 Å². The average molecular weight is 317 g/mol. The Morgan fingerprint density at radius 3 is 2.65 bits per heavy atom. The summed E-state index contributed by atoms with van der Waals surface area (Å²) in [6.45, 7) is 2.34. The van der Waals surface area contributed by atoms with Gasteiger partial charge >= 0.3 is 0 Å². The van der Waals surface area contributed by atoms with Gasteiger partial charge in [0, 0.05) is 6.04 Å². The molecule has 0 bridgehead atoms. The molecule has 6 atom stereocenters. The molecular formula is C19H27NO3. The molecule has 0 amide bonds. The van der Waals surface area contributed by atoms with Crippen LogP contribution < -0.4 is 5.32 Å².